The average Bonchev–Trinajstić information content (AvgIpc) is 2.98. The van der Waals surface area contributed by atoms with Crippen LogP contribution >= 0.6 is 15.9 Å². The van der Waals surface area contributed by atoms with Crippen molar-refractivity contribution in [1.29, 1.82) is 0 Å². The summed E-state index contributed by atoms with van der Waals surface area (Å²) in [6.07, 6.45) is -2.87. The molecule has 0 saturated heterocycles. The molecule has 0 aromatic carbocycles. The van der Waals surface area contributed by atoms with E-state index in [1.807, 2.05) is 0 Å². The Kier molecular flexibility index (Phi) is 2.97. The minimum absolute atomic E-state index is 0.0968. The molecule has 1 aliphatic carbocycles. The molecular formula is C9H7BrF3NO2S. The van der Waals surface area contributed by atoms with Crippen molar-refractivity contribution in [2.45, 2.75) is 29.3 Å². The lowest BCUT2D eigenvalue weighted by molar-refractivity contribution is -0.140. The van der Waals surface area contributed by atoms with E-state index in [0.717, 1.165) is 12.3 Å². The molecule has 1 aromatic heterocycles. The van der Waals surface area contributed by atoms with Gasteiger partial charge in [0.2, 0.25) is 0 Å². The van der Waals surface area contributed by atoms with Gasteiger partial charge >= 0.3 is 6.18 Å². The monoisotopic (exact) mass is 329 g/mol. The maximum atomic E-state index is 12.7. The molecule has 0 unspecified atom stereocenters. The van der Waals surface area contributed by atoms with Crippen LogP contribution < -0.4 is 0 Å². The van der Waals surface area contributed by atoms with Crippen molar-refractivity contribution in [2.75, 3.05) is 0 Å². The van der Waals surface area contributed by atoms with E-state index in [2.05, 4.69) is 20.9 Å². The van der Waals surface area contributed by atoms with E-state index in [1.54, 1.807) is 0 Å². The third kappa shape index (κ3) is 2.47. The number of sulfone groups is 1. The molecule has 8 heteroatoms. The number of hydrogen-bond donors (Lipinski definition) is 0. The van der Waals surface area contributed by atoms with Crippen LogP contribution in [0.2, 0.25) is 0 Å². The molecule has 1 saturated carbocycles. The lowest BCUT2D eigenvalue weighted by Crippen LogP contribution is -2.17. The van der Waals surface area contributed by atoms with Crippen molar-refractivity contribution in [2.24, 2.45) is 0 Å². The summed E-state index contributed by atoms with van der Waals surface area (Å²) in [7, 11) is -3.95. The lowest BCUT2D eigenvalue weighted by Gasteiger charge is -2.12. The predicted octanol–water partition coefficient (Wildman–Crippen LogP) is 2.80. The van der Waals surface area contributed by atoms with Crippen molar-refractivity contribution in [1.82, 2.24) is 4.98 Å². The van der Waals surface area contributed by atoms with Gasteiger partial charge in [0.15, 0.2) is 14.9 Å². The van der Waals surface area contributed by atoms with Gasteiger partial charge in [0, 0.05) is 10.7 Å². The van der Waals surface area contributed by atoms with Gasteiger partial charge < -0.3 is 0 Å². The van der Waals surface area contributed by atoms with Gasteiger partial charge in [-0.15, -0.1) is 0 Å². The summed E-state index contributed by atoms with van der Waals surface area (Å²) < 4.78 is 61.8. The topological polar surface area (TPSA) is 47.0 Å². The Balaban J connectivity index is 2.62. The van der Waals surface area contributed by atoms with Crippen LogP contribution in [-0.2, 0) is 16.0 Å². The first-order valence-corrected chi connectivity index (χ1v) is 7.03. The fourth-order valence-corrected chi connectivity index (χ4v) is 3.48. The van der Waals surface area contributed by atoms with Gasteiger partial charge in [-0.25, -0.2) is 13.4 Å². The zero-order chi connectivity index (χ0) is 12.8. The van der Waals surface area contributed by atoms with E-state index in [-0.39, 0.29) is 4.47 Å². The molecule has 0 aliphatic heterocycles. The molecule has 0 radical (unpaired) electrons. The average molecular weight is 330 g/mol. The van der Waals surface area contributed by atoms with Crippen LogP contribution in [0.25, 0.3) is 0 Å². The highest BCUT2D eigenvalue weighted by atomic mass is 79.9. The largest absolute Gasteiger partial charge is 0.419 e. The summed E-state index contributed by atoms with van der Waals surface area (Å²) >= 11 is 2.85. The number of rotatable bonds is 2. The first kappa shape index (κ1) is 12.8. The normalized spacial score (nSPS) is 17.2. The summed E-state index contributed by atoms with van der Waals surface area (Å²) in [6.45, 7) is 0. The lowest BCUT2D eigenvalue weighted by atomic mass is 10.3. The van der Waals surface area contributed by atoms with Crippen LogP contribution in [0.3, 0.4) is 0 Å². The molecule has 17 heavy (non-hydrogen) atoms. The zero-order valence-electron chi connectivity index (χ0n) is 8.33. The summed E-state index contributed by atoms with van der Waals surface area (Å²) in [6, 6.07) is 0.738. The van der Waals surface area contributed by atoms with Crippen LogP contribution in [0.4, 0.5) is 13.2 Å². The number of halogens is 4. The summed E-state index contributed by atoms with van der Waals surface area (Å²) in [5, 5.41) is -1.58. The van der Waals surface area contributed by atoms with E-state index in [1.165, 1.54) is 0 Å². The van der Waals surface area contributed by atoms with Crippen molar-refractivity contribution < 1.29 is 21.6 Å². The van der Waals surface area contributed by atoms with E-state index in [9.17, 15) is 21.6 Å². The molecule has 1 aromatic rings. The van der Waals surface area contributed by atoms with E-state index in [4.69, 9.17) is 0 Å². The second kappa shape index (κ2) is 3.94. The number of alkyl halides is 3. The Labute approximate surface area is 104 Å². The summed E-state index contributed by atoms with van der Waals surface area (Å²) in [4.78, 5) is 3.42. The van der Waals surface area contributed by atoms with Crippen LogP contribution in [0, 0.1) is 0 Å². The molecular weight excluding hydrogens is 323 g/mol. The van der Waals surface area contributed by atoms with E-state index < -0.39 is 31.9 Å². The molecule has 1 heterocycles. The molecule has 1 fully saturated rings. The quantitative estimate of drug-likeness (QED) is 0.838. The molecule has 0 amide bonds. The summed E-state index contributed by atoms with van der Waals surface area (Å²) in [5.74, 6) is 0. The fourth-order valence-electron chi connectivity index (χ4n) is 1.39. The minimum Gasteiger partial charge on any atom is -0.243 e. The fraction of sp³-hybridized carbons (Fsp3) is 0.444. The number of nitrogens with zero attached hydrogens (tertiary/aromatic N) is 1. The first-order chi connectivity index (χ1) is 7.73. The van der Waals surface area contributed by atoms with Gasteiger partial charge in [0.25, 0.3) is 0 Å². The Morgan fingerprint density at radius 1 is 1.35 bits per heavy atom. The second-order valence-electron chi connectivity index (χ2n) is 3.75. The van der Waals surface area contributed by atoms with Gasteiger partial charge in [0.05, 0.1) is 10.8 Å². The molecule has 1 aliphatic rings. The minimum atomic E-state index is -4.73. The molecule has 0 atom stereocenters. The van der Waals surface area contributed by atoms with Crippen LogP contribution in [0.15, 0.2) is 21.8 Å². The first-order valence-electron chi connectivity index (χ1n) is 4.69. The van der Waals surface area contributed by atoms with E-state index in [0.29, 0.717) is 12.8 Å². The molecule has 94 valence electrons. The van der Waals surface area contributed by atoms with Gasteiger partial charge in [0.1, 0.15) is 0 Å². The Morgan fingerprint density at radius 3 is 2.41 bits per heavy atom. The highest BCUT2D eigenvalue weighted by molar-refractivity contribution is 9.10. The van der Waals surface area contributed by atoms with E-state index >= 15 is 0 Å². The third-order valence-electron chi connectivity index (χ3n) is 2.36. The van der Waals surface area contributed by atoms with Crippen LogP contribution in [0.1, 0.15) is 18.4 Å². The van der Waals surface area contributed by atoms with Crippen LogP contribution in [-0.4, -0.2) is 18.7 Å². The Bertz CT molecular complexity index is 552. The number of pyridine rings is 1. The maximum absolute atomic E-state index is 12.7. The Morgan fingerprint density at radius 2 is 1.94 bits per heavy atom. The standard InChI is InChI=1S/C9H7BrF3NO2S/c10-5-3-7(9(11,12)13)8(14-4-5)17(15,16)6-1-2-6/h3-4,6H,1-2H2. The third-order valence-corrected chi connectivity index (χ3v) is 5.00. The van der Waals surface area contributed by atoms with Crippen molar-refractivity contribution in [3.63, 3.8) is 0 Å². The van der Waals surface area contributed by atoms with Gasteiger partial charge in [-0.1, -0.05) is 0 Å². The number of aromatic nitrogens is 1. The molecule has 2 rings (SSSR count). The van der Waals surface area contributed by atoms with Gasteiger partial charge in [-0.2, -0.15) is 13.2 Å². The van der Waals surface area contributed by atoms with Crippen molar-refractivity contribution in [3.8, 4) is 0 Å². The SMILES string of the molecule is O=S(=O)(c1ncc(Br)cc1C(F)(F)F)C1CC1. The van der Waals surface area contributed by atoms with Crippen molar-refractivity contribution in [3.05, 3.63) is 22.3 Å². The highest BCUT2D eigenvalue weighted by Gasteiger charge is 2.44. The van der Waals surface area contributed by atoms with Gasteiger partial charge in [-0.05, 0) is 34.8 Å². The zero-order valence-corrected chi connectivity index (χ0v) is 10.7. The highest BCUT2D eigenvalue weighted by Crippen LogP contribution is 2.40. The smallest absolute Gasteiger partial charge is 0.243 e. The van der Waals surface area contributed by atoms with Crippen molar-refractivity contribution >= 4 is 25.8 Å². The molecule has 0 bridgehead atoms. The maximum Gasteiger partial charge on any atom is 0.419 e. The molecule has 0 N–H and O–H groups in total. The second-order valence-corrected chi connectivity index (χ2v) is 6.81. The van der Waals surface area contributed by atoms with Gasteiger partial charge in [-0.3, -0.25) is 0 Å². The molecule has 3 nitrogen and oxygen atoms in total. The Hall–Kier alpha value is -0.630. The molecule has 0 spiro atoms. The van der Waals surface area contributed by atoms with Crippen LogP contribution in [0.5, 0.6) is 0 Å². The predicted molar refractivity (Wildman–Crippen MR) is 57.1 cm³/mol. The number of hydrogen-bond acceptors (Lipinski definition) is 3. The summed E-state index contributed by atoms with van der Waals surface area (Å²) in [5.41, 5.74) is -1.21.